The van der Waals surface area contributed by atoms with Crippen molar-refractivity contribution in [3.63, 3.8) is 0 Å². The van der Waals surface area contributed by atoms with Crippen molar-refractivity contribution < 1.29 is 55.6 Å². The summed E-state index contributed by atoms with van der Waals surface area (Å²) in [5, 5.41) is 14.2. The Balaban J connectivity index is 0.000000301. The molecule has 2 N–H and O–H groups in total. The third-order valence-corrected chi connectivity index (χ3v) is 5.29. The van der Waals surface area contributed by atoms with Gasteiger partial charge in [-0.05, 0) is 38.0 Å². The van der Waals surface area contributed by atoms with Crippen LogP contribution in [0.15, 0.2) is 42.6 Å². The third-order valence-electron chi connectivity index (χ3n) is 5.29. The monoisotopic (exact) mass is 553 g/mol. The molecule has 15 heteroatoms. The van der Waals surface area contributed by atoms with E-state index in [0.717, 1.165) is 43.9 Å². The molecule has 0 bridgehead atoms. The highest BCUT2D eigenvalue weighted by molar-refractivity contribution is 5.73. The van der Waals surface area contributed by atoms with Gasteiger partial charge in [0, 0.05) is 43.7 Å². The highest BCUT2D eigenvalue weighted by Gasteiger charge is 2.45. The zero-order valence-electron chi connectivity index (χ0n) is 19.9. The molecule has 210 valence electrons. The van der Waals surface area contributed by atoms with Crippen molar-refractivity contribution in [1.29, 1.82) is 0 Å². The van der Waals surface area contributed by atoms with Crippen LogP contribution in [0.25, 0.3) is 0 Å². The van der Waals surface area contributed by atoms with Crippen molar-refractivity contribution >= 4 is 11.9 Å². The van der Waals surface area contributed by atoms with E-state index in [1.54, 1.807) is 6.20 Å². The molecule has 0 radical (unpaired) electrons. The molecule has 3 atom stereocenters. The molecular formula is C23H25F6N3O6. The van der Waals surface area contributed by atoms with Crippen LogP contribution in [0.4, 0.5) is 26.3 Å². The fourth-order valence-electron chi connectivity index (χ4n) is 3.76. The lowest BCUT2D eigenvalue weighted by Crippen LogP contribution is -2.42. The first-order chi connectivity index (χ1) is 17.7. The minimum atomic E-state index is -5.08. The van der Waals surface area contributed by atoms with Gasteiger partial charge in [-0.25, -0.2) is 14.6 Å². The van der Waals surface area contributed by atoms with Gasteiger partial charge < -0.3 is 19.7 Å². The average Bonchev–Trinajstić information content (AvgIpc) is 3.16. The van der Waals surface area contributed by atoms with E-state index in [0.29, 0.717) is 11.9 Å². The maximum Gasteiger partial charge on any atom is 0.490 e. The van der Waals surface area contributed by atoms with Crippen LogP contribution in [-0.4, -0.2) is 80.8 Å². The number of aromatic nitrogens is 2. The Morgan fingerprint density at radius 2 is 1.68 bits per heavy atom. The first-order valence-corrected chi connectivity index (χ1v) is 11.1. The van der Waals surface area contributed by atoms with Gasteiger partial charge in [0.1, 0.15) is 12.2 Å². The van der Waals surface area contributed by atoms with Crippen LogP contribution in [0, 0.1) is 6.92 Å². The Kier molecular flexibility index (Phi) is 10.8. The van der Waals surface area contributed by atoms with Crippen molar-refractivity contribution in [3.05, 3.63) is 54.0 Å². The lowest BCUT2D eigenvalue weighted by molar-refractivity contribution is -0.193. The van der Waals surface area contributed by atoms with E-state index in [2.05, 4.69) is 27.0 Å². The van der Waals surface area contributed by atoms with Crippen LogP contribution in [-0.2, 0) is 20.9 Å². The van der Waals surface area contributed by atoms with E-state index in [1.165, 1.54) is 0 Å². The standard InChI is InChI=1S/C19H23N3O2.2C2HF3O2/c1-14-6-4-7-15(21-14)12-22-13-17(19-16(22)8-5-11-23-19)24-18-9-2-3-10-20-18;2*3-2(4,5)1(6)7/h2-4,6-7,9-10,16-17,19H,5,8,11-13H2,1H3;2*(H,6,7)/t16-,17-,19+;;/m1../s1. The number of hydrogen-bond donors (Lipinski definition) is 2. The Bertz CT molecular complexity index is 1030. The molecule has 4 heterocycles. The number of aliphatic carboxylic acids is 2. The quantitative estimate of drug-likeness (QED) is 0.544. The van der Waals surface area contributed by atoms with Crippen molar-refractivity contribution in [1.82, 2.24) is 14.9 Å². The van der Waals surface area contributed by atoms with Gasteiger partial charge in [-0.2, -0.15) is 26.3 Å². The molecule has 0 aromatic carbocycles. The van der Waals surface area contributed by atoms with Crippen molar-refractivity contribution in [3.8, 4) is 5.88 Å². The van der Waals surface area contributed by atoms with Crippen molar-refractivity contribution in [2.24, 2.45) is 0 Å². The van der Waals surface area contributed by atoms with E-state index in [9.17, 15) is 26.3 Å². The largest absolute Gasteiger partial charge is 0.490 e. The minimum absolute atomic E-state index is 0.0232. The zero-order valence-corrected chi connectivity index (χ0v) is 19.9. The minimum Gasteiger partial charge on any atom is -0.475 e. The molecular weight excluding hydrogens is 528 g/mol. The third kappa shape index (κ3) is 9.78. The number of pyridine rings is 2. The number of fused-ring (bicyclic) bond motifs is 1. The number of hydrogen-bond acceptors (Lipinski definition) is 7. The van der Waals surface area contributed by atoms with Gasteiger partial charge in [-0.1, -0.05) is 12.1 Å². The average molecular weight is 553 g/mol. The second-order valence-electron chi connectivity index (χ2n) is 8.17. The number of carbonyl (C=O) groups is 2. The van der Waals surface area contributed by atoms with Gasteiger partial charge in [0.25, 0.3) is 0 Å². The molecule has 9 nitrogen and oxygen atoms in total. The fraction of sp³-hybridized carbons (Fsp3) is 0.478. The maximum atomic E-state index is 10.6. The number of nitrogens with zero attached hydrogens (tertiary/aromatic N) is 3. The van der Waals surface area contributed by atoms with Crippen LogP contribution < -0.4 is 4.74 Å². The zero-order chi connectivity index (χ0) is 28.5. The molecule has 38 heavy (non-hydrogen) atoms. The van der Waals surface area contributed by atoms with Gasteiger partial charge in [-0.3, -0.25) is 9.88 Å². The number of carboxylic acid groups (broad SMARTS) is 2. The highest BCUT2D eigenvalue weighted by atomic mass is 19.4. The molecule has 2 fully saturated rings. The number of likely N-dealkylation sites (tertiary alicyclic amines) is 1. The van der Waals surface area contributed by atoms with E-state index >= 15 is 0 Å². The number of aryl methyl sites for hydroxylation is 1. The van der Waals surface area contributed by atoms with E-state index in [-0.39, 0.29) is 12.2 Å². The Labute approximate surface area is 213 Å². The molecule has 2 aromatic rings. The maximum absolute atomic E-state index is 10.6. The summed E-state index contributed by atoms with van der Waals surface area (Å²) in [6.07, 6.45) is -6.01. The van der Waals surface area contributed by atoms with Crippen LogP contribution in [0.3, 0.4) is 0 Å². The topological polar surface area (TPSA) is 122 Å². The lowest BCUT2D eigenvalue weighted by atomic mass is 10.0. The van der Waals surface area contributed by atoms with Gasteiger partial charge >= 0.3 is 24.3 Å². The van der Waals surface area contributed by atoms with Gasteiger partial charge in [-0.15, -0.1) is 0 Å². The van der Waals surface area contributed by atoms with Crippen LogP contribution in [0.1, 0.15) is 24.2 Å². The number of ether oxygens (including phenoxy) is 2. The van der Waals surface area contributed by atoms with Gasteiger partial charge in [0.2, 0.25) is 5.88 Å². The Hall–Kier alpha value is -3.46. The Morgan fingerprint density at radius 1 is 1.05 bits per heavy atom. The van der Waals surface area contributed by atoms with Gasteiger partial charge in [0.15, 0.2) is 0 Å². The summed E-state index contributed by atoms with van der Waals surface area (Å²) in [7, 11) is 0. The second kappa shape index (κ2) is 13.4. The molecule has 2 saturated heterocycles. The smallest absolute Gasteiger partial charge is 0.475 e. The summed E-state index contributed by atoms with van der Waals surface area (Å²) in [5.41, 5.74) is 2.17. The first kappa shape index (κ1) is 30.8. The fourth-order valence-corrected chi connectivity index (χ4v) is 3.76. The normalized spacial score (nSPS) is 21.2. The van der Waals surface area contributed by atoms with E-state index in [4.69, 9.17) is 29.3 Å². The molecule has 2 aromatic heterocycles. The summed E-state index contributed by atoms with van der Waals surface area (Å²) in [5.74, 6) is -4.84. The second-order valence-corrected chi connectivity index (χ2v) is 8.17. The summed E-state index contributed by atoms with van der Waals surface area (Å²) in [4.78, 5) is 29.2. The van der Waals surface area contributed by atoms with Crippen LogP contribution in [0.2, 0.25) is 0 Å². The van der Waals surface area contributed by atoms with Crippen LogP contribution >= 0.6 is 0 Å². The highest BCUT2D eigenvalue weighted by Crippen LogP contribution is 2.32. The predicted molar refractivity (Wildman–Crippen MR) is 118 cm³/mol. The summed E-state index contributed by atoms with van der Waals surface area (Å²) >= 11 is 0. The van der Waals surface area contributed by atoms with E-state index in [1.807, 2.05) is 31.2 Å². The number of alkyl halides is 6. The first-order valence-electron chi connectivity index (χ1n) is 11.1. The molecule has 4 rings (SSSR count). The van der Waals surface area contributed by atoms with Gasteiger partial charge in [0.05, 0.1) is 5.69 Å². The molecule has 2 aliphatic heterocycles. The molecule has 0 saturated carbocycles. The molecule has 0 amide bonds. The van der Waals surface area contributed by atoms with Crippen LogP contribution in [0.5, 0.6) is 5.88 Å². The van der Waals surface area contributed by atoms with Crippen molar-refractivity contribution in [2.45, 2.75) is 56.9 Å². The summed E-state index contributed by atoms with van der Waals surface area (Å²) in [6.45, 7) is 4.54. The summed E-state index contributed by atoms with van der Waals surface area (Å²) < 4.78 is 75.7. The molecule has 0 spiro atoms. The summed E-state index contributed by atoms with van der Waals surface area (Å²) in [6, 6.07) is 12.4. The van der Waals surface area contributed by atoms with Crippen molar-refractivity contribution in [2.75, 3.05) is 13.2 Å². The molecule has 0 unspecified atom stereocenters. The Morgan fingerprint density at radius 3 is 2.21 bits per heavy atom. The molecule has 0 aliphatic carbocycles. The van der Waals surface area contributed by atoms with E-state index < -0.39 is 24.3 Å². The lowest BCUT2D eigenvalue weighted by Gasteiger charge is -2.32. The number of halogens is 6. The molecule has 2 aliphatic rings. The predicted octanol–water partition coefficient (Wildman–Crippen LogP) is 3.86. The number of carboxylic acids is 2. The number of rotatable bonds is 4. The SMILES string of the molecule is Cc1cccc(CN2C[C@@H](Oc3ccccn3)[C@H]3OCCC[C@H]32)n1.O=C(O)C(F)(F)F.O=C(O)C(F)(F)F.